The second-order valence-corrected chi connectivity index (χ2v) is 7.69. The summed E-state index contributed by atoms with van der Waals surface area (Å²) >= 11 is 0. The van der Waals surface area contributed by atoms with Crippen molar-refractivity contribution in [3.8, 4) is 0 Å². The summed E-state index contributed by atoms with van der Waals surface area (Å²) in [6.45, 7) is 16.8. The van der Waals surface area contributed by atoms with Crippen molar-refractivity contribution < 1.29 is 57.1 Å². The van der Waals surface area contributed by atoms with Gasteiger partial charge in [0.2, 0.25) is 0 Å². The quantitative estimate of drug-likeness (QED) is 0.0819. The first-order valence-electron chi connectivity index (χ1n) is 10.5. The van der Waals surface area contributed by atoms with Gasteiger partial charge in [-0.3, -0.25) is 0 Å². The summed E-state index contributed by atoms with van der Waals surface area (Å²) in [5, 5.41) is 0. The number of hydrogen-bond donors (Lipinski definition) is 0. The highest BCUT2D eigenvalue weighted by Gasteiger charge is 2.34. The summed E-state index contributed by atoms with van der Waals surface area (Å²) in [7, 11) is 0. The molecule has 0 bridgehead atoms. The Bertz CT molecular complexity index is 758. The van der Waals surface area contributed by atoms with Crippen LogP contribution in [0.5, 0.6) is 0 Å². The molecule has 0 saturated heterocycles. The number of ether oxygens (including phenoxy) is 8. The Kier molecular flexibility index (Phi) is 15.6. The van der Waals surface area contributed by atoms with Crippen molar-refractivity contribution >= 4 is 23.9 Å². The van der Waals surface area contributed by atoms with E-state index in [4.69, 9.17) is 37.9 Å². The van der Waals surface area contributed by atoms with Gasteiger partial charge >= 0.3 is 23.9 Å². The van der Waals surface area contributed by atoms with E-state index in [0.717, 1.165) is 0 Å². The van der Waals surface area contributed by atoms with Gasteiger partial charge in [0.25, 0.3) is 0 Å². The van der Waals surface area contributed by atoms with Gasteiger partial charge in [-0.25, -0.2) is 19.2 Å². The molecule has 12 heteroatoms. The summed E-state index contributed by atoms with van der Waals surface area (Å²) < 4.78 is 41.5. The summed E-state index contributed by atoms with van der Waals surface area (Å²) in [4.78, 5) is 46.5. The molecule has 0 aliphatic rings. The molecule has 12 nitrogen and oxygen atoms in total. The topological polar surface area (TPSA) is 142 Å². The molecule has 36 heavy (non-hydrogen) atoms. The highest BCUT2D eigenvalue weighted by Crippen LogP contribution is 2.16. The van der Waals surface area contributed by atoms with Crippen molar-refractivity contribution in [1.82, 2.24) is 0 Å². The third kappa shape index (κ3) is 14.2. The van der Waals surface area contributed by atoms with Gasteiger partial charge in [0.05, 0.1) is 19.8 Å². The summed E-state index contributed by atoms with van der Waals surface area (Å²) in [6.07, 6.45) is 0. The molecule has 0 aliphatic carbocycles. The zero-order valence-electron chi connectivity index (χ0n) is 21.2. The highest BCUT2D eigenvalue weighted by molar-refractivity contribution is 5.87. The standard InChI is InChI=1S/C24H34O12/c1-16(2)20(25)32-12-29-9-24(36-15-35-23(28)19(7)8,10-30-13-33-21(26)17(3)4)11-31-14-34-22(27)18(5)6/h1,3,5,7,9-15H2,2,4,6,8H3. The van der Waals surface area contributed by atoms with E-state index in [0.29, 0.717) is 0 Å². The fourth-order valence-electron chi connectivity index (χ4n) is 1.92. The van der Waals surface area contributed by atoms with E-state index in [9.17, 15) is 19.2 Å². The third-order valence-electron chi connectivity index (χ3n) is 3.86. The summed E-state index contributed by atoms with van der Waals surface area (Å²) in [5.74, 6) is -2.75. The fourth-order valence-corrected chi connectivity index (χ4v) is 1.92. The van der Waals surface area contributed by atoms with Crippen LogP contribution in [0.15, 0.2) is 48.6 Å². The molecule has 0 amide bonds. The van der Waals surface area contributed by atoms with Gasteiger partial charge in [0, 0.05) is 22.3 Å². The van der Waals surface area contributed by atoms with Crippen LogP contribution in [0, 0.1) is 0 Å². The Morgan fingerprint density at radius 1 is 0.500 bits per heavy atom. The normalized spacial score (nSPS) is 10.7. The van der Waals surface area contributed by atoms with Gasteiger partial charge in [-0.2, -0.15) is 0 Å². The maximum absolute atomic E-state index is 11.7. The maximum atomic E-state index is 11.7. The lowest BCUT2D eigenvalue weighted by Crippen LogP contribution is -2.48. The van der Waals surface area contributed by atoms with Gasteiger partial charge in [-0.1, -0.05) is 26.3 Å². The zero-order valence-corrected chi connectivity index (χ0v) is 21.2. The molecule has 0 atom stereocenters. The first-order chi connectivity index (χ1) is 16.8. The number of rotatable bonds is 19. The minimum Gasteiger partial charge on any atom is -0.435 e. The second-order valence-electron chi connectivity index (χ2n) is 7.69. The van der Waals surface area contributed by atoms with E-state index in [1.807, 2.05) is 0 Å². The molecule has 0 radical (unpaired) electrons. The van der Waals surface area contributed by atoms with Gasteiger partial charge in [-0.15, -0.1) is 0 Å². The average molecular weight is 515 g/mol. The van der Waals surface area contributed by atoms with Crippen LogP contribution >= 0.6 is 0 Å². The monoisotopic (exact) mass is 514 g/mol. The molecule has 0 rings (SSSR count). The van der Waals surface area contributed by atoms with E-state index in [1.165, 1.54) is 27.7 Å². The lowest BCUT2D eigenvalue weighted by molar-refractivity contribution is -0.233. The molecule has 0 aromatic heterocycles. The van der Waals surface area contributed by atoms with E-state index in [1.54, 1.807) is 0 Å². The molecule has 202 valence electrons. The molecule has 0 unspecified atom stereocenters. The van der Waals surface area contributed by atoms with Crippen LogP contribution in [0.4, 0.5) is 0 Å². The molecular weight excluding hydrogens is 480 g/mol. The predicted octanol–water partition coefficient (Wildman–Crippen LogP) is 2.10. The molecule has 0 saturated carbocycles. The smallest absolute Gasteiger partial charge is 0.335 e. The largest absolute Gasteiger partial charge is 0.435 e. The van der Waals surface area contributed by atoms with Crippen LogP contribution in [0.1, 0.15) is 27.7 Å². The number of carbonyl (C=O) groups excluding carboxylic acids is 4. The van der Waals surface area contributed by atoms with Crippen LogP contribution in [-0.2, 0) is 57.1 Å². The molecule has 0 N–H and O–H groups in total. The summed E-state index contributed by atoms with van der Waals surface area (Å²) in [6, 6.07) is 0. The van der Waals surface area contributed by atoms with Gasteiger partial charge in [0.15, 0.2) is 27.2 Å². The molecule has 0 aliphatic heterocycles. The van der Waals surface area contributed by atoms with Gasteiger partial charge in [0.1, 0.15) is 5.60 Å². The lowest BCUT2D eigenvalue weighted by atomic mass is 10.1. The Hall–Kier alpha value is -3.32. The van der Waals surface area contributed by atoms with E-state index < -0.39 is 56.7 Å². The molecular formula is C24H34O12. The van der Waals surface area contributed by atoms with Crippen molar-refractivity contribution in [3.05, 3.63) is 48.6 Å². The van der Waals surface area contributed by atoms with Crippen LogP contribution in [0.25, 0.3) is 0 Å². The number of hydrogen-bond acceptors (Lipinski definition) is 12. The number of esters is 4. The Morgan fingerprint density at radius 2 is 0.750 bits per heavy atom. The van der Waals surface area contributed by atoms with Gasteiger partial charge < -0.3 is 37.9 Å². The minimum atomic E-state index is -1.50. The molecule has 0 spiro atoms. The van der Waals surface area contributed by atoms with Crippen molar-refractivity contribution in [2.75, 3.05) is 47.0 Å². The third-order valence-corrected chi connectivity index (χ3v) is 3.86. The van der Waals surface area contributed by atoms with Gasteiger partial charge in [-0.05, 0) is 27.7 Å². The summed E-state index contributed by atoms with van der Waals surface area (Å²) in [5.41, 5.74) is -0.872. The molecule has 0 aromatic carbocycles. The Balaban J connectivity index is 5.38. The van der Waals surface area contributed by atoms with Crippen molar-refractivity contribution in [1.29, 1.82) is 0 Å². The van der Waals surface area contributed by atoms with Crippen LogP contribution in [0.2, 0.25) is 0 Å². The van der Waals surface area contributed by atoms with Crippen LogP contribution in [-0.4, -0.2) is 76.5 Å². The zero-order chi connectivity index (χ0) is 27.7. The van der Waals surface area contributed by atoms with Crippen LogP contribution < -0.4 is 0 Å². The average Bonchev–Trinajstić information content (AvgIpc) is 2.81. The van der Waals surface area contributed by atoms with E-state index >= 15 is 0 Å². The van der Waals surface area contributed by atoms with Crippen LogP contribution in [0.3, 0.4) is 0 Å². The first kappa shape index (κ1) is 32.7. The molecule has 0 aromatic rings. The van der Waals surface area contributed by atoms with Crippen molar-refractivity contribution in [3.63, 3.8) is 0 Å². The second kappa shape index (κ2) is 17.2. The molecule has 0 heterocycles. The van der Waals surface area contributed by atoms with E-state index in [2.05, 4.69) is 26.3 Å². The Labute approximate surface area is 210 Å². The maximum Gasteiger partial charge on any atom is 0.335 e. The van der Waals surface area contributed by atoms with Crippen molar-refractivity contribution in [2.24, 2.45) is 0 Å². The first-order valence-corrected chi connectivity index (χ1v) is 10.5. The lowest BCUT2D eigenvalue weighted by Gasteiger charge is -2.32. The number of carbonyl (C=O) groups is 4. The Morgan fingerprint density at radius 3 is 1.00 bits per heavy atom. The predicted molar refractivity (Wildman–Crippen MR) is 125 cm³/mol. The highest BCUT2D eigenvalue weighted by atomic mass is 16.7. The van der Waals surface area contributed by atoms with E-state index in [-0.39, 0.29) is 42.1 Å². The SMILES string of the molecule is C=C(C)C(=O)OCOCC(COCOC(=O)C(=C)C)(COCOC(=O)C(=C)C)OCOC(=O)C(=C)C. The molecule has 0 fully saturated rings. The minimum absolute atomic E-state index is 0.137. The fraction of sp³-hybridized carbons (Fsp3) is 0.500. The van der Waals surface area contributed by atoms with Crippen molar-refractivity contribution in [2.45, 2.75) is 33.3 Å².